The maximum absolute atomic E-state index is 11.3. The van der Waals surface area contributed by atoms with Crippen molar-refractivity contribution in [3.8, 4) is 6.01 Å². The fourth-order valence-electron chi connectivity index (χ4n) is 1.88. The van der Waals surface area contributed by atoms with E-state index < -0.39 is 12.0 Å². The third kappa shape index (κ3) is 4.54. The molecule has 1 aromatic heterocycles. The van der Waals surface area contributed by atoms with Crippen LogP contribution in [-0.2, 0) is 17.8 Å². The first-order valence-corrected chi connectivity index (χ1v) is 6.54. The topological polar surface area (TPSA) is 84.3 Å². The highest BCUT2D eigenvalue weighted by molar-refractivity contribution is 5.73. The Balaban J connectivity index is 1.95. The van der Waals surface area contributed by atoms with Gasteiger partial charge in [-0.05, 0) is 12.0 Å². The van der Waals surface area contributed by atoms with E-state index in [2.05, 4.69) is 15.3 Å². The van der Waals surface area contributed by atoms with Crippen LogP contribution in [0.2, 0.25) is 0 Å². The Hall–Kier alpha value is -2.47. The van der Waals surface area contributed by atoms with Crippen LogP contribution in [0.1, 0.15) is 11.1 Å². The second-order valence-electron chi connectivity index (χ2n) is 4.54. The van der Waals surface area contributed by atoms with Gasteiger partial charge in [-0.15, -0.1) is 0 Å². The van der Waals surface area contributed by atoms with Crippen LogP contribution in [0.15, 0.2) is 42.7 Å². The summed E-state index contributed by atoms with van der Waals surface area (Å²) in [4.78, 5) is 19.3. The predicted molar refractivity (Wildman–Crippen MR) is 77.0 cm³/mol. The van der Waals surface area contributed by atoms with Gasteiger partial charge in [-0.2, -0.15) is 0 Å². The van der Waals surface area contributed by atoms with E-state index in [1.54, 1.807) is 12.4 Å². The summed E-state index contributed by atoms with van der Waals surface area (Å²) in [7, 11) is 1.49. The zero-order chi connectivity index (χ0) is 15.1. The molecule has 1 unspecified atom stereocenters. The molecule has 1 heterocycles. The highest BCUT2D eigenvalue weighted by Crippen LogP contribution is 2.06. The van der Waals surface area contributed by atoms with Crippen molar-refractivity contribution in [3.63, 3.8) is 0 Å². The average molecular weight is 287 g/mol. The summed E-state index contributed by atoms with van der Waals surface area (Å²) in [6, 6.07) is 9.15. The molecule has 21 heavy (non-hydrogen) atoms. The Morgan fingerprint density at radius 2 is 1.90 bits per heavy atom. The largest absolute Gasteiger partial charge is 0.480 e. The van der Waals surface area contributed by atoms with Gasteiger partial charge in [0.25, 0.3) is 0 Å². The molecule has 0 aliphatic carbocycles. The molecule has 0 saturated carbocycles. The Kier molecular flexibility index (Phi) is 5.22. The average Bonchev–Trinajstić information content (AvgIpc) is 2.52. The number of hydrogen-bond acceptors (Lipinski definition) is 5. The minimum Gasteiger partial charge on any atom is -0.480 e. The van der Waals surface area contributed by atoms with E-state index in [1.807, 2.05) is 30.3 Å². The molecule has 0 saturated heterocycles. The fourth-order valence-corrected chi connectivity index (χ4v) is 1.88. The second-order valence-corrected chi connectivity index (χ2v) is 4.54. The van der Waals surface area contributed by atoms with Crippen molar-refractivity contribution in [3.05, 3.63) is 53.9 Å². The lowest BCUT2D eigenvalue weighted by atomic mass is 10.1. The monoisotopic (exact) mass is 287 g/mol. The van der Waals surface area contributed by atoms with Crippen molar-refractivity contribution in [2.75, 3.05) is 7.11 Å². The Morgan fingerprint density at radius 1 is 1.24 bits per heavy atom. The first-order valence-electron chi connectivity index (χ1n) is 6.54. The van der Waals surface area contributed by atoms with Crippen LogP contribution in [0.5, 0.6) is 6.01 Å². The number of benzene rings is 1. The van der Waals surface area contributed by atoms with Crippen LogP contribution in [0, 0.1) is 0 Å². The molecule has 0 amide bonds. The molecule has 0 bridgehead atoms. The normalized spacial score (nSPS) is 11.9. The van der Waals surface area contributed by atoms with Crippen molar-refractivity contribution in [2.24, 2.45) is 0 Å². The van der Waals surface area contributed by atoms with Crippen molar-refractivity contribution >= 4 is 5.97 Å². The summed E-state index contributed by atoms with van der Waals surface area (Å²) in [6.45, 7) is 0.383. The minimum absolute atomic E-state index is 0.290. The molecule has 6 nitrogen and oxygen atoms in total. The van der Waals surface area contributed by atoms with Gasteiger partial charge in [0.05, 0.1) is 7.11 Å². The van der Waals surface area contributed by atoms with Crippen LogP contribution in [0.25, 0.3) is 0 Å². The lowest BCUT2D eigenvalue weighted by Crippen LogP contribution is -2.38. The molecular weight excluding hydrogens is 270 g/mol. The molecule has 6 heteroatoms. The predicted octanol–water partition coefficient (Wildman–Crippen LogP) is 1.27. The number of carbonyl (C=O) groups is 1. The van der Waals surface area contributed by atoms with Crippen molar-refractivity contribution in [2.45, 2.75) is 19.0 Å². The maximum Gasteiger partial charge on any atom is 0.321 e. The smallest absolute Gasteiger partial charge is 0.321 e. The number of ether oxygens (including phenoxy) is 1. The Morgan fingerprint density at radius 3 is 2.48 bits per heavy atom. The fraction of sp³-hybridized carbons (Fsp3) is 0.267. The SMILES string of the molecule is COc1ncc(CNC(Cc2ccccc2)C(=O)O)cn1. The van der Waals surface area contributed by atoms with E-state index in [-0.39, 0.29) is 6.01 Å². The van der Waals surface area contributed by atoms with E-state index in [0.29, 0.717) is 13.0 Å². The molecule has 0 spiro atoms. The van der Waals surface area contributed by atoms with E-state index in [1.165, 1.54) is 7.11 Å². The molecule has 110 valence electrons. The van der Waals surface area contributed by atoms with Gasteiger partial charge in [-0.1, -0.05) is 30.3 Å². The zero-order valence-electron chi connectivity index (χ0n) is 11.7. The molecule has 2 N–H and O–H groups in total. The van der Waals surface area contributed by atoms with Crippen LogP contribution >= 0.6 is 0 Å². The number of hydrogen-bond donors (Lipinski definition) is 2. The van der Waals surface area contributed by atoms with Gasteiger partial charge in [0.2, 0.25) is 0 Å². The number of methoxy groups -OCH3 is 1. The van der Waals surface area contributed by atoms with Crippen LogP contribution in [0.4, 0.5) is 0 Å². The Bertz CT molecular complexity index is 572. The summed E-state index contributed by atoms with van der Waals surface area (Å²) in [6.07, 6.45) is 3.65. The van der Waals surface area contributed by atoms with Crippen molar-refractivity contribution in [1.29, 1.82) is 0 Å². The van der Waals surface area contributed by atoms with Gasteiger partial charge < -0.3 is 9.84 Å². The third-order valence-electron chi connectivity index (χ3n) is 3.00. The maximum atomic E-state index is 11.3. The summed E-state index contributed by atoms with van der Waals surface area (Å²) in [5.41, 5.74) is 1.78. The molecule has 1 atom stereocenters. The molecular formula is C15H17N3O3. The molecule has 0 radical (unpaired) electrons. The van der Waals surface area contributed by atoms with Crippen molar-refractivity contribution in [1.82, 2.24) is 15.3 Å². The first kappa shape index (κ1) is 14.9. The quantitative estimate of drug-likeness (QED) is 0.798. The lowest BCUT2D eigenvalue weighted by Gasteiger charge is -2.14. The number of carboxylic acids is 1. The van der Waals surface area contributed by atoms with Gasteiger partial charge in [-0.3, -0.25) is 10.1 Å². The van der Waals surface area contributed by atoms with Crippen molar-refractivity contribution < 1.29 is 14.6 Å². The number of aromatic nitrogens is 2. The molecule has 2 rings (SSSR count). The van der Waals surface area contributed by atoms with Crippen LogP contribution in [-0.4, -0.2) is 34.2 Å². The molecule has 0 fully saturated rings. The van der Waals surface area contributed by atoms with Gasteiger partial charge in [0.1, 0.15) is 6.04 Å². The minimum atomic E-state index is -0.881. The standard InChI is InChI=1S/C15H17N3O3/c1-21-15-17-9-12(10-18-15)8-16-13(14(19)20)7-11-5-3-2-4-6-11/h2-6,9-10,13,16H,7-8H2,1H3,(H,19,20). The number of rotatable bonds is 7. The Labute approximate surface area is 122 Å². The summed E-state index contributed by atoms with van der Waals surface area (Å²) in [5, 5.41) is 12.3. The van der Waals surface area contributed by atoms with Crippen LogP contribution < -0.4 is 10.1 Å². The van der Waals surface area contributed by atoms with Gasteiger partial charge in [0, 0.05) is 24.5 Å². The molecule has 0 aliphatic rings. The number of nitrogens with one attached hydrogen (secondary N) is 1. The first-order chi connectivity index (χ1) is 10.2. The van der Waals surface area contributed by atoms with Gasteiger partial charge >= 0.3 is 12.0 Å². The number of nitrogens with zero attached hydrogens (tertiary/aromatic N) is 2. The second kappa shape index (κ2) is 7.35. The molecule has 2 aromatic rings. The van der Waals surface area contributed by atoms with Gasteiger partial charge in [-0.25, -0.2) is 9.97 Å². The number of aliphatic carboxylic acids is 1. The molecule has 0 aliphatic heterocycles. The van der Waals surface area contributed by atoms with Crippen LogP contribution in [0.3, 0.4) is 0 Å². The van der Waals surface area contributed by atoms with E-state index in [4.69, 9.17) is 4.74 Å². The zero-order valence-corrected chi connectivity index (χ0v) is 11.7. The summed E-state index contributed by atoms with van der Waals surface area (Å²) >= 11 is 0. The summed E-state index contributed by atoms with van der Waals surface area (Å²) in [5.74, 6) is -0.881. The van der Waals surface area contributed by atoms with E-state index in [0.717, 1.165) is 11.1 Å². The molecule has 1 aromatic carbocycles. The highest BCUT2D eigenvalue weighted by atomic mass is 16.5. The van der Waals surface area contributed by atoms with E-state index in [9.17, 15) is 9.90 Å². The highest BCUT2D eigenvalue weighted by Gasteiger charge is 2.17. The number of carboxylic acid groups (broad SMARTS) is 1. The summed E-state index contributed by atoms with van der Waals surface area (Å²) < 4.78 is 4.88. The lowest BCUT2D eigenvalue weighted by molar-refractivity contribution is -0.139. The third-order valence-corrected chi connectivity index (χ3v) is 3.00. The van der Waals surface area contributed by atoms with Gasteiger partial charge in [0.15, 0.2) is 0 Å². The van der Waals surface area contributed by atoms with E-state index >= 15 is 0 Å².